The number of allylic oxidation sites excluding steroid dienone is 1. The van der Waals surface area contributed by atoms with E-state index in [1.807, 2.05) is 6.07 Å². The highest BCUT2D eigenvalue weighted by atomic mass is 32.2. The van der Waals surface area contributed by atoms with Gasteiger partial charge in [-0.15, -0.1) is 0 Å². The Bertz CT molecular complexity index is 1070. The van der Waals surface area contributed by atoms with Gasteiger partial charge < -0.3 is 11.5 Å². The normalized spacial score (nSPS) is 24.3. The highest BCUT2D eigenvalue weighted by Crippen LogP contribution is 2.61. The van der Waals surface area contributed by atoms with Gasteiger partial charge in [0.1, 0.15) is 17.0 Å². The fourth-order valence-electron chi connectivity index (χ4n) is 3.48. The van der Waals surface area contributed by atoms with Crippen molar-refractivity contribution in [2.75, 3.05) is 0 Å². The van der Waals surface area contributed by atoms with Gasteiger partial charge in [-0.3, -0.25) is 0 Å². The number of thiocarbonyl (C=S) groups is 1. The lowest BCUT2D eigenvalue weighted by Gasteiger charge is -2.44. The van der Waals surface area contributed by atoms with E-state index in [2.05, 4.69) is 6.07 Å². The Hall–Kier alpha value is -2.94. The van der Waals surface area contributed by atoms with Gasteiger partial charge in [0.2, 0.25) is 0 Å². The molecule has 0 bridgehead atoms. The van der Waals surface area contributed by atoms with Crippen LogP contribution in [0.25, 0.3) is 0 Å². The van der Waals surface area contributed by atoms with Crippen LogP contribution in [-0.2, 0) is 0 Å². The fourth-order valence-corrected chi connectivity index (χ4v) is 5.20. The third-order valence-corrected chi connectivity index (χ3v) is 6.46. The molecular weight excluding hydrogens is 398 g/mol. The van der Waals surface area contributed by atoms with Crippen molar-refractivity contribution in [3.63, 3.8) is 0 Å². The van der Waals surface area contributed by atoms with E-state index in [1.165, 1.54) is 36.4 Å². The number of hydrogen-bond acceptors (Lipinski definition) is 5. The Morgan fingerprint density at radius 1 is 1.04 bits per heavy atom. The smallest absolute Gasteiger partial charge is 0.135 e. The first-order valence-corrected chi connectivity index (χ1v) is 9.43. The largest absolute Gasteiger partial charge is 0.393 e. The van der Waals surface area contributed by atoms with Gasteiger partial charge in [0.25, 0.3) is 0 Å². The Balaban J connectivity index is 2.40. The monoisotopic (exact) mass is 412 g/mol. The molecule has 4 nitrogen and oxygen atoms in total. The summed E-state index contributed by atoms with van der Waals surface area (Å²) in [6, 6.07) is 15.6. The molecule has 0 saturated carbocycles. The zero-order chi connectivity index (χ0) is 20.5. The molecule has 3 atom stereocenters. The summed E-state index contributed by atoms with van der Waals surface area (Å²) in [6.45, 7) is 0. The summed E-state index contributed by atoms with van der Waals surface area (Å²) < 4.78 is 29.3. The van der Waals surface area contributed by atoms with Crippen molar-refractivity contribution in [2.24, 2.45) is 16.9 Å². The van der Waals surface area contributed by atoms with Crippen LogP contribution in [0.3, 0.4) is 0 Å². The van der Waals surface area contributed by atoms with Gasteiger partial charge in [0.15, 0.2) is 0 Å². The molecule has 2 aromatic rings. The molecule has 140 valence electrons. The first-order chi connectivity index (χ1) is 13.4. The van der Waals surface area contributed by atoms with E-state index >= 15 is 0 Å². The van der Waals surface area contributed by atoms with Crippen LogP contribution < -0.4 is 11.5 Å². The number of benzene rings is 2. The topological polar surface area (TPSA) is 99.6 Å². The second-order valence-electron chi connectivity index (χ2n) is 6.21. The molecule has 3 unspecified atom stereocenters. The SMILES string of the molecule is N#CC1=C(N)SC(c2ccccc2F)C(C#N)(C(N)=S)C1c1ccccc1F. The molecule has 4 N–H and O–H groups in total. The number of halogens is 2. The molecular formula is C20H14F2N4S2. The lowest BCUT2D eigenvalue weighted by Crippen LogP contribution is -2.47. The van der Waals surface area contributed by atoms with Gasteiger partial charge in [-0.1, -0.05) is 60.4 Å². The molecule has 0 saturated heterocycles. The average molecular weight is 412 g/mol. The van der Waals surface area contributed by atoms with E-state index in [0.29, 0.717) is 0 Å². The molecule has 0 amide bonds. The van der Waals surface area contributed by atoms with E-state index in [1.54, 1.807) is 12.1 Å². The third-order valence-electron chi connectivity index (χ3n) is 4.78. The summed E-state index contributed by atoms with van der Waals surface area (Å²) in [6.07, 6.45) is 0. The van der Waals surface area contributed by atoms with Crippen LogP contribution in [0.4, 0.5) is 8.78 Å². The summed E-state index contributed by atoms with van der Waals surface area (Å²) in [4.78, 5) is -0.260. The number of hydrogen-bond donors (Lipinski definition) is 2. The number of nitrogens with two attached hydrogens (primary N) is 2. The molecule has 1 heterocycles. The maximum atomic E-state index is 14.7. The third kappa shape index (κ3) is 2.91. The number of rotatable bonds is 3. The van der Waals surface area contributed by atoms with Crippen LogP contribution in [0.15, 0.2) is 59.1 Å². The van der Waals surface area contributed by atoms with Gasteiger partial charge >= 0.3 is 0 Å². The molecule has 1 aliphatic heterocycles. The van der Waals surface area contributed by atoms with E-state index in [0.717, 1.165) is 11.8 Å². The Kier molecular flexibility index (Phi) is 5.37. The molecule has 0 aliphatic carbocycles. The van der Waals surface area contributed by atoms with E-state index < -0.39 is 28.2 Å². The van der Waals surface area contributed by atoms with Crippen LogP contribution in [0.2, 0.25) is 0 Å². The van der Waals surface area contributed by atoms with Crippen molar-refractivity contribution in [2.45, 2.75) is 11.2 Å². The molecule has 0 radical (unpaired) electrons. The molecule has 0 fully saturated rings. The minimum Gasteiger partial charge on any atom is -0.393 e. The summed E-state index contributed by atoms with van der Waals surface area (Å²) in [5, 5.41) is 19.0. The van der Waals surface area contributed by atoms with Crippen LogP contribution in [0.1, 0.15) is 22.3 Å². The molecule has 0 spiro atoms. The van der Waals surface area contributed by atoms with Crippen LogP contribution in [-0.4, -0.2) is 4.99 Å². The van der Waals surface area contributed by atoms with Gasteiger partial charge in [-0.05, 0) is 17.7 Å². The standard InChI is InChI=1S/C20H14F2N4S2/c21-14-7-3-1-5-11(14)16-13(9-23)18(25)28-17(20(16,10-24)19(26)27)12-6-2-4-8-15(12)22/h1-8,16-17H,25H2,(H2,26,27). The highest BCUT2D eigenvalue weighted by Gasteiger charge is 2.56. The Labute approximate surface area is 170 Å². The van der Waals surface area contributed by atoms with Crippen molar-refractivity contribution < 1.29 is 8.78 Å². The van der Waals surface area contributed by atoms with Crippen LogP contribution in [0, 0.1) is 39.7 Å². The highest BCUT2D eigenvalue weighted by molar-refractivity contribution is 8.03. The zero-order valence-electron chi connectivity index (χ0n) is 14.4. The van der Waals surface area contributed by atoms with Crippen molar-refractivity contribution in [1.82, 2.24) is 0 Å². The summed E-state index contributed by atoms with van der Waals surface area (Å²) in [7, 11) is 0. The minimum absolute atomic E-state index is 0.0166. The Morgan fingerprint density at radius 2 is 1.57 bits per heavy atom. The predicted octanol–water partition coefficient (Wildman–Crippen LogP) is 4.03. The van der Waals surface area contributed by atoms with Gasteiger partial charge in [-0.25, -0.2) is 8.78 Å². The number of nitriles is 2. The first kappa shape index (κ1) is 19.8. The van der Waals surface area contributed by atoms with E-state index in [4.69, 9.17) is 23.7 Å². The second-order valence-corrected chi connectivity index (χ2v) is 7.80. The summed E-state index contributed by atoms with van der Waals surface area (Å²) in [5.41, 5.74) is 10.5. The van der Waals surface area contributed by atoms with Crippen molar-refractivity contribution >= 4 is 29.0 Å². The average Bonchev–Trinajstić information content (AvgIpc) is 2.68. The van der Waals surface area contributed by atoms with Crippen molar-refractivity contribution in [3.05, 3.63) is 81.9 Å². The van der Waals surface area contributed by atoms with E-state index in [9.17, 15) is 19.3 Å². The van der Waals surface area contributed by atoms with Crippen LogP contribution >= 0.6 is 24.0 Å². The second kappa shape index (κ2) is 7.59. The van der Waals surface area contributed by atoms with Gasteiger partial charge in [-0.2, -0.15) is 10.5 Å². The lowest BCUT2D eigenvalue weighted by molar-refractivity contribution is 0.436. The van der Waals surface area contributed by atoms with Gasteiger partial charge in [0, 0.05) is 5.56 Å². The number of nitrogens with zero attached hydrogens (tertiary/aromatic N) is 2. The Morgan fingerprint density at radius 3 is 2.04 bits per heavy atom. The lowest BCUT2D eigenvalue weighted by atomic mass is 9.65. The number of thioether (sulfide) groups is 1. The van der Waals surface area contributed by atoms with Crippen LogP contribution in [0.5, 0.6) is 0 Å². The molecule has 28 heavy (non-hydrogen) atoms. The molecule has 1 aliphatic rings. The molecule has 8 heteroatoms. The van der Waals surface area contributed by atoms with Crippen molar-refractivity contribution in [3.8, 4) is 12.1 Å². The zero-order valence-corrected chi connectivity index (χ0v) is 16.0. The maximum Gasteiger partial charge on any atom is 0.135 e. The van der Waals surface area contributed by atoms with Gasteiger partial charge in [0.05, 0.1) is 38.9 Å². The predicted molar refractivity (Wildman–Crippen MR) is 108 cm³/mol. The quantitative estimate of drug-likeness (QED) is 0.739. The minimum atomic E-state index is -1.77. The molecule has 2 aromatic carbocycles. The summed E-state index contributed by atoms with van der Waals surface area (Å²) >= 11 is 6.16. The van der Waals surface area contributed by atoms with Crippen molar-refractivity contribution in [1.29, 1.82) is 10.5 Å². The van der Waals surface area contributed by atoms with E-state index in [-0.39, 0.29) is 26.7 Å². The summed E-state index contributed by atoms with van der Waals surface area (Å²) in [5.74, 6) is -2.38. The molecule has 3 rings (SSSR count). The fraction of sp³-hybridized carbons (Fsp3) is 0.150. The molecule has 0 aromatic heterocycles. The maximum absolute atomic E-state index is 14.7. The first-order valence-electron chi connectivity index (χ1n) is 8.14.